The van der Waals surface area contributed by atoms with E-state index in [0.717, 1.165) is 3.57 Å². The van der Waals surface area contributed by atoms with Crippen LogP contribution in [0.1, 0.15) is 17.5 Å². The highest BCUT2D eigenvalue weighted by Crippen LogP contribution is 2.52. The number of primary amides is 1. The molecule has 0 saturated heterocycles. The van der Waals surface area contributed by atoms with Crippen LogP contribution in [-0.4, -0.2) is 68.5 Å². The third kappa shape index (κ3) is 2.77. The number of Topliss-reactive ketones (excluding diaryl/α,β-unsaturated/α-hetero) is 2. The van der Waals surface area contributed by atoms with Crippen molar-refractivity contribution < 1.29 is 34.8 Å². The number of amides is 1. The van der Waals surface area contributed by atoms with Crippen molar-refractivity contribution in [1.29, 1.82) is 0 Å². The number of aliphatic hydroxyl groups is 3. The molecule has 3 aliphatic rings. The van der Waals surface area contributed by atoms with Gasteiger partial charge in [0.05, 0.1) is 11.6 Å². The van der Waals surface area contributed by atoms with E-state index >= 15 is 0 Å². The lowest BCUT2D eigenvalue weighted by Gasteiger charge is -2.50. The van der Waals surface area contributed by atoms with Gasteiger partial charge in [0.25, 0.3) is 5.91 Å². The predicted octanol–water partition coefficient (Wildman–Crippen LogP) is 0.569. The lowest BCUT2D eigenvalue weighted by molar-refractivity contribution is -0.153. The van der Waals surface area contributed by atoms with E-state index < -0.39 is 58.0 Å². The van der Waals surface area contributed by atoms with Crippen LogP contribution in [-0.2, 0) is 20.8 Å². The number of phenols is 1. The Labute approximate surface area is 191 Å². The Kier molecular flexibility index (Phi) is 4.94. The quantitative estimate of drug-likeness (QED) is 0.269. The van der Waals surface area contributed by atoms with Gasteiger partial charge in [0.2, 0.25) is 5.78 Å². The SMILES string of the molecule is CN(C)[C@@H]1C(=O)C(C(N)=O)=C(O)[C@@]2(O)C(=O)C3=C(O)c4c(O)ccc(I)c4CC3CC12. The minimum Gasteiger partial charge on any atom is -0.508 e. The summed E-state index contributed by atoms with van der Waals surface area (Å²) in [6.45, 7) is 0. The Hall–Kier alpha value is -2.44. The number of nitrogens with two attached hydrogens (primary N) is 1. The number of aromatic hydroxyl groups is 1. The van der Waals surface area contributed by atoms with Gasteiger partial charge < -0.3 is 26.2 Å². The standard InChI is InChI=1S/C21H21IN2O7/c1-24(2)15-9-6-7-5-8-10(22)3-4-11(25)13(8)16(26)12(7)18(28)21(9,31)19(29)14(17(15)27)20(23)30/h3-4,7,9,15,25-26,29,31H,5-6H2,1-2H3,(H2,23,30)/t7?,9?,15-,21-/m0/s1. The predicted molar refractivity (Wildman–Crippen MR) is 117 cm³/mol. The largest absolute Gasteiger partial charge is 0.508 e. The first kappa shape index (κ1) is 21.8. The van der Waals surface area contributed by atoms with Gasteiger partial charge in [-0.3, -0.25) is 19.3 Å². The van der Waals surface area contributed by atoms with E-state index in [-0.39, 0.29) is 23.3 Å². The Morgan fingerprint density at radius 2 is 1.87 bits per heavy atom. The number of hydrogen-bond acceptors (Lipinski definition) is 8. The molecule has 0 spiro atoms. The van der Waals surface area contributed by atoms with Crippen molar-refractivity contribution in [2.75, 3.05) is 14.1 Å². The zero-order valence-electron chi connectivity index (χ0n) is 16.7. The van der Waals surface area contributed by atoms with Crippen molar-refractivity contribution in [3.8, 4) is 5.75 Å². The lowest BCUT2D eigenvalue weighted by atomic mass is 9.57. The van der Waals surface area contributed by atoms with E-state index in [9.17, 15) is 34.8 Å². The number of carbonyl (C=O) groups is 3. The molecule has 0 bridgehead atoms. The van der Waals surface area contributed by atoms with Gasteiger partial charge in [0.1, 0.15) is 22.8 Å². The van der Waals surface area contributed by atoms with Gasteiger partial charge in [-0.15, -0.1) is 0 Å². The number of carbonyl (C=O) groups excluding carboxylic acids is 3. The van der Waals surface area contributed by atoms with Crippen LogP contribution in [0.4, 0.5) is 0 Å². The summed E-state index contributed by atoms with van der Waals surface area (Å²) in [5.74, 6) is -6.44. The maximum Gasteiger partial charge on any atom is 0.255 e. The summed E-state index contributed by atoms with van der Waals surface area (Å²) >= 11 is 2.07. The maximum absolute atomic E-state index is 13.6. The number of benzene rings is 1. The topological polar surface area (TPSA) is 161 Å². The Morgan fingerprint density at radius 3 is 2.45 bits per heavy atom. The molecule has 1 fully saturated rings. The molecule has 0 aliphatic heterocycles. The summed E-state index contributed by atoms with van der Waals surface area (Å²) in [4.78, 5) is 39.9. The highest BCUT2D eigenvalue weighted by molar-refractivity contribution is 14.1. The van der Waals surface area contributed by atoms with Crippen LogP contribution in [0.3, 0.4) is 0 Å². The number of rotatable bonds is 2. The highest BCUT2D eigenvalue weighted by atomic mass is 127. The average molecular weight is 540 g/mol. The van der Waals surface area contributed by atoms with Gasteiger partial charge in [-0.2, -0.15) is 0 Å². The fourth-order valence-electron chi connectivity index (χ4n) is 5.21. The number of likely N-dealkylation sites (N-methyl/N-ethyl adjacent to an activating group) is 1. The zero-order valence-corrected chi connectivity index (χ0v) is 18.9. The van der Waals surface area contributed by atoms with E-state index in [0.29, 0.717) is 12.0 Å². The molecule has 1 saturated carbocycles. The second-order valence-corrected chi connectivity index (χ2v) is 9.54. The first-order chi connectivity index (χ1) is 14.4. The van der Waals surface area contributed by atoms with E-state index in [2.05, 4.69) is 22.6 Å². The van der Waals surface area contributed by atoms with Gasteiger partial charge in [-0.1, -0.05) is 0 Å². The van der Waals surface area contributed by atoms with Crippen molar-refractivity contribution in [3.63, 3.8) is 0 Å². The van der Waals surface area contributed by atoms with Crippen LogP contribution in [0.25, 0.3) is 5.76 Å². The summed E-state index contributed by atoms with van der Waals surface area (Å²) in [5, 5.41) is 43.4. The Bertz CT molecular complexity index is 1120. The molecule has 1 aromatic carbocycles. The molecular weight excluding hydrogens is 519 g/mol. The van der Waals surface area contributed by atoms with Crippen LogP contribution in [0.5, 0.6) is 5.75 Å². The van der Waals surface area contributed by atoms with Crippen LogP contribution >= 0.6 is 22.6 Å². The average Bonchev–Trinajstić information content (AvgIpc) is 2.67. The molecule has 4 atom stereocenters. The van der Waals surface area contributed by atoms with Crippen LogP contribution in [0, 0.1) is 15.4 Å². The minimum atomic E-state index is -2.61. The molecule has 6 N–H and O–H groups in total. The molecule has 1 amide bonds. The molecule has 164 valence electrons. The summed E-state index contributed by atoms with van der Waals surface area (Å²) in [6.07, 6.45) is 0.374. The summed E-state index contributed by atoms with van der Waals surface area (Å²) < 4.78 is 0.784. The van der Waals surface area contributed by atoms with Crippen molar-refractivity contribution in [2.24, 2.45) is 17.6 Å². The van der Waals surface area contributed by atoms with Crippen LogP contribution < -0.4 is 5.73 Å². The smallest absolute Gasteiger partial charge is 0.255 e. The van der Waals surface area contributed by atoms with Crippen molar-refractivity contribution in [1.82, 2.24) is 4.90 Å². The molecule has 4 rings (SSSR count). The van der Waals surface area contributed by atoms with E-state index in [1.807, 2.05) is 0 Å². The number of aliphatic hydroxyl groups excluding tert-OH is 2. The molecule has 3 aliphatic carbocycles. The number of ketones is 2. The third-order valence-corrected chi connectivity index (χ3v) is 7.56. The van der Waals surface area contributed by atoms with Gasteiger partial charge in [-0.25, -0.2) is 0 Å². The molecule has 9 nitrogen and oxygen atoms in total. The van der Waals surface area contributed by atoms with Crippen molar-refractivity contribution in [2.45, 2.75) is 24.5 Å². The molecule has 0 heterocycles. The van der Waals surface area contributed by atoms with Gasteiger partial charge in [-0.05, 0) is 73.1 Å². The fraction of sp³-hybridized carbons (Fsp3) is 0.381. The first-order valence-electron chi connectivity index (χ1n) is 9.58. The molecular formula is C21H21IN2O7. The van der Waals surface area contributed by atoms with Crippen molar-refractivity contribution in [3.05, 3.63) is 43.7 Å². The minimum absolute atomic E-state index is 0.0809. The van der Waals surface area contributed by atoms with E-state index in [1.165, 1.54) is 11.0 Å². The second kappa shape index (κ2) is 7.04. The van der Waals surface area contributed by atoms with Gasteiger partial charge in [0.15, 0.2) is 11.4 Å². The fourth-order valence-corrected chi connectivity index (χ4v) is 5.88. The molecule has 10 heteroatoms. The number of nitrogens with zero attached hydrogens (tertiary/aromatic N) is 1. The van der Waals surface area contributed by atoms with Gasteiger partial charge >= 0.3 is 0 Å². The normalized spacial score (nSPS) is 30.3. The van der Waals surface area contributed by atoms with Crippen LogP contribution in [0.15, 0.2) is 29.0 Å². The molecule has 31 heavy (non-hydrogen) atoms. The molecule has 0 radical (unpaired) electrons. The molecule has 1 aromatic rings. The molecule has 0 aromatic heterocycles. The Balaban J connectivity index is 1.99. The number of phenolic OH excluding ortho intramolecular Hbond substituents is 1. The Morgan fingerprint density at radius 1 is 1.23 bits per heavy atom. The number of hydrogen-bond donors (Lipinski definition) is 5. The maximum atomic E-state index is 13.6. The number of fused-ring (bicyclic) bond motifs is 3. The summed E-state index contributed by atoms with van der Waals surface area (Å²) in [5.41, 5.74) is 2.46. The monoisotopic (exact) mass is 540 g/mol. The van der Waals surface area contributed by atoms with Crippen molar-refractivity contribution >= 4 is 45.8 Å². The van der Waals surface area contributed by atoms with E-state index in [4.69, 9.17) is 5.73 Å². The van der Waals surface area contributed by atoms with E-state index in [1.54, 1.807) is 20.2 Å². The number of halogens is 1. The third-order valence-electron chi connectivity index (χ3n) is 6.55. The first-order valence-corrected chi connectivity index (χ1v) is 10.7. The summed E-state index contributed by atoms with van der Waals surface area (Å²) in [7, 11) is 3.13. The highest BCUT2D eigenvalue weighted by Gasteiger charge is 2.64. The lowest BCUT2D eigenvalue weighted by Crippen LogP contribution is -2.65. The van der Waals surface area contributed by atoms with Gasteiger partial charge in [0, 0.05) is 15.1 Å². The second-order valence-electron chi connectivity index (χ2n) is 8.38. The zero-order chi connectivity index (χ0) is 23.0. The van der Waals surface area contributed by atoms with Crippen LogP contribution in [0.2, 0.25) is 0 Å². The molecule has 2 unspecified atom stereocenters. The summed E-state index contributed by atoms with van der Waals surface area (Å²) in [6, 6.07) is 2.00.